The van der Waals surface area contributed by atoms with Crippen LogP contribution in [0, 0.1) is 18.8 Å². The summed E-state index contributed by atoms with van der Waals surface area (Å²) in [5, 5.41) is 2.77. The molecule has 2 aromatic rings. The number of nitrogens with zero attached hydrogens (tertiary/aromatic N) is 1. The summed E-state index contributed by atoms with van der Waals surface area (Å²) in [7, 11) is 0. The molecule has 0 spiro atoms. The van der Waals surface area contributed by atoms with Crippen LogP contribution in [0.25, 0.3) is 0 Å². The lowest BCUT2D eigenvalue weighted by molar-refractivity contribution is -0.115. The third-order valence-electron chi connectivity index (χ3n) is 2.71. The molecular formula is C17H16N2O. The number of aromatic nitrogens is 1. The van der Waals surface area contributed by atoms with E-state index >= 15 is 0 Å². The molecule has 0 saturated carbocycles. The van der Waals surface area contributed by atoms with Crippen LogP contribution < -0.4 is 5.32 Å². The van der Waals surface area contributed by atoms with Gasteiger partial charge in [-0.15, -0.1) is 0 Å². The van der Waals surface area contributed by atoms with Gasteiger partial charge in [-0.25, -0.2) is 0 Å². The minimum absolute atomic E-state index is 0.262. The van der Waals surface area contributed by atoms with E-state index in [9.17, 15) is 4.79 Å². The summed E-state index contributed by atoms with van der Waals surface area (Å²) in [6, 6.07) is 15.3. The second-order valence-electron chi connectivity index (χ2n) is 4.39. The Hall–Kier alpha value is -2.60. The van der Waals surface area contributed by atoms with Crippen molar-refractivity contribution in [3.63, 3.8) is 0 Å². The summed E-state index contributed by atoms with van der Waals surface area (Å²) in [6.07, 6.45) is 0.709. The van der Waals surface area contributed by atoms with Crippen LogP contribution in [0.3, 0.4) is 0 Å². The van der Waals surface area contributed by atoms with Crippen LogP contribution in [0.15, 0.2) is 48.5 Å². The Balaban J connectivity index is 1.80. The number of nitrogens with one attached hydrogen (secondary N) is 1. The Morgan fingerprint density at radius 3 is 2.70 bits per heavy atom. The number of hydrogen-bond acceptors (Lipinski definition) is 2. The van der Waals surface area contributed by atoms with Gasteiger partial charge >= 0.3 is 0 Å². The van der Waals surface area contributed by atoms with Gasteiger partial charge in [-0.05, 0) is 31.2 Å². The molecule has 20 heavy (non-hydrogen) atoms. The smallest absolute Gasteiger partial charge is 0.296 e. The van der Waals surface area contributed by atoms with Gasteiger partial charge in [0.05, 0.1) is 0 Å². The molecule has 0 saturated heterocycles. The average Bonchev–Trinajstić information content (AvgIpc) is 2.46. The number of amides is 1. The molecule has 0 bridgehead atoms. The minimum Gasteiger partial charge on any atom is -0.345 e. The van der Waals surface area contributed by atoms with Crippen molar-refractivity contribution in [3.05, 3.63) is 65.5 Å². The predicted octanol–water partition coefficient (Wildman–Crippen LogP) is 2.10. The van der Waals surface area contributed by atoms with Crippen molar-refractivity contribution in [2.75, 3.05) is 6.54 Å². The number of pyridine rings is 1. The normalized spacial score (nSPS) is 9.45. The Kier molecular flexibility index (Phi) is 4.91. The van der Waals surface area contributed by atoms with E-state index in [2.05, 4.69) is 22.1 Å². The first-order valence-electron chi connectivity index (χ1n) is 6.51. The summed E-state index contributed by atoms with van der Waals surface area (Å²) < 4.78 is 0. The van der Waals surface area contributed by atoms with Crippen LogP contribution in [-0.2, 0) is 11.2 Å². The monoisotopic (exact) mass is 264 g/mol. The van der Waals surface area contributed by atoms with Crippen LogP contribution in [0.2, 0.25) is 0 Å². The molecule has 1 amide bonds. The molecule has 1 heterocycles. The molecule has 0 fully saturated rings. The zero-order chi connectivity index (χ0) is 14.2. The molecule has 0 aliphatic carbocycles. The van der Waals surface area contributed by atoms with Crippen LogP contribution >= 0.6 is 0 Å². The van der Waals surface area contributed by atoms with Gasteiger partial charge in [-0.3, -0.25) is 9.78 Å². The molecule has 0 aliphatic heterocycles. The molecule has 3 heteroatoms. The van der Waals surface area contributed by atoms with E-state index in [0.29, 0.717) is 13.0 Å². The molecule has 0 radical (unpaired) electrons. The fourth-order valence-electron chi connectivity index (χ4n) is 1.74. The lowest BCUT2D eigenvalue weighted by Crippen LogP contribution is -2.24. The first-order chi connectivity index (χ1) is 9.74. The first kappa shape index (κ1) is 13.8. The highest BCUT2D eigenvalue weighted by atomic mass is 16.1. The zero-order valence-corrected chi connectivity index (χ0v) is 11.4. The highest BCUT2D eigenvalue weighted by Crippen LogP contribution is 1.98. The van der Waals surface area contributed by atoms with Gasteiger partial charge in [0.15, 0.2) is 0 Å². The fourth-order valence-corrected chi connectivity index (χ4v) is 1.74. The molecule has 1 aromatic heterocycles. The number of rotatable bonds is 3. The Morgan fingerprint density at radius 1 is 1.15 bits per heavy atom. The topological polar surface area (TPSA) is 42.0 Å². The summed E-state index contributed by atoms with van der Waals surface area (Å²) in [5.74, 6) is 5.14. The van der Waals surface area contributed by atoms with Crippen molar-refractivity contribution < 1.29 is 4.79 Å². The average molecular weight is 264 g/mol. The van der Waals surface area contributed by atoms with E-state index in [1.807, 2.05) is 55.5 Å². The van der Waals surface area contributed by atoms with Crippen LogP contribution in [0.1, 0.15) is 17.0 Å². The van der Waals surface area contributed by atoms with Gasteiger partial charge in [-0.1, -0.05) is 30.2 Å². The lowest BCUT2D eigenvalue weighted by atomic mass is 10.2. The largest absolute Gasteiger partial charge is 0.345 e. The predicted molar refractivity (Wildman–Crippen MR) is 79.0 cm³/mol. The van der Waals surface area contributed by atoms with Gasteiger partial charge in [-0.2, -0.15) is 0 Å². The number of carbonyl (C=O) groups is 1. The van der Waals surface area contributed by atoms with Crippen molar-refractivity contribution >= 4 is 5.91 Å². The van der Waals surface area contributed by atoms with Gasteiger partial charge in [0.1, 0.15) is 0 Å². The molecule has 1 aromatic carbocycles. The van der Waals surface area contributed by atoms with E-state index < -0.39 is 0 Å². The second-order valence-corrected chi connectivity index (χ2v) is 4.39. The molecule has 0 unspecified atom stereocenters. The van der Waals surface area contributed by atoms with Crippen molar-refractivity contribution in [2.24, 2.45) is 0 Å². The maximum Gasteiger partial charge on any atom is 0.296 e. The Morgan fingerprint density at radius 2 is 1.95 bits per heavy atom. The van der Waals surface area contributed by atoms with Crippen molar-refractivity contribution in [1.29, 1.82) is 0 Å². The minimum atomic E-state index is -0.262. The maximum absolute atomic E-state index is 11.6. The van der Waals surface area contributed by atoms with E-state index in [-0.39, 0.29) is 5.91 Å². The molecule has 0 atom stereocenters. The molecule has 1 N–H and O–H groups in total. The first-order valence-corrected chi connectivity index (χ1v) is 6.51. The van der Waals surface area contributed by atoms with Gasteiger partial charge in [0.25, 0.3) is 5.91 Å². The quantitative estimate of drug-likeness (QED) is 0.863. The standard InChI is InChI=1S/C17H16N2O/c1-14-6-5-9-16(19-14)12-13-18-17(20)11-10-15-7-3-2-4-8-15/h2-9H,12-13H2,1H3,(H,18,20). The van der Waals surface area contributed by atoms with Crippen molar-refractivity contribution in [3.8, 4) is 11.8 Å². The third kappa shape index (κ3) is 4.58. The highest BCUT2D eigenvalue weighted by molar-refractivity contribution is 5.94. The second kappa shape index (κ2) is 7.10. The molecule has 3 nitrogen and oxygen atoms in total. The number of carbonyl (C=O) groups excluding carboxylic acids is 1. The van der Waals surface area contributed by atoms with Crippen LogP contribution in [0.4, 0.5) is 0 Å². The fraction of sp³-hybridized carbons (Fsp3) is 0.176. The maximum atomic E-state index is 11.6. The summed E-state index contributed by atoms with van der Waals surface area (Å²) in [5.41, 5.74) is 2.79. The number of benzene rings is 1. The highest BCUT2D eigenvalue weighted by Gasteiger charge is 1.97. The van der Waals surface area contributed by atoms with E-state index in [0.717, 1.165) is 17.0 Å². The lowest BCUT2D eigenvalue weighted by Gasteiger charge is -2.02. The van der Waals surface area contributed by atoms with Gasteiger partial charge in [0, 0.05) is 35.8 Å². The van der Waals surface area contributed by atoms with Gasteiger partial charge < -0.3 is 5.32 Å². The van der Waals surface area contributed by atoms with Crippen molar-refractivity contribution in [2.45, 2.75) is 13.3 Å². The molecule has 100 valence electrons. The number of aryl methyl sites for hydroxylation is 1. The molecule has 0 aliphatic rings. The van der Waals surface area contributed by atoms with Crippen molar-refractivity contribution in [1.82, 2.24) is 10.3 Å². The Bertz CT molecular complexity index is 639. The van der Waals surface area contributed by atoms with Crippen LogP contribution in [0.5, 0.6) is 0 Å². The zero-order valence-electron chi connectivity index (χ0n) is 11.4. The SMILES string of the molecule is Cc1cccc(CCNC(=O)C#Cc2ccccc2)n1. The summed E-state index contributed by atoms with van der Waals surface area (Å²) in [6.45, 7) is 2.49. The summed E-state index contributed by atoms with van der Waals surface area (Å²) >= 11 is 0. The van der Waals surface area contributed by atoms with E-state index in [1.165, 1.54) is 0 Å². The Labute approximate surface area is 119 Å². The number of hydrogen-bond donors (Lipinski definition) is 1. The molecular weight excluding hydrogens is 248 g/mol. The van der Waals surface area contributed by atoms with E-state index in [4.69, 9.17) is 0 Å². The van der Waals surface area contributed by atoms with E-state index in [1.54, 1.807) is 0 Å². The van der Waals surface area contributed by atoms with Crippen LogP contribution in [-0.4, -0.2) is 17.4 Å². The molecule has 2 rings (SSSR count). The van der Waals surface area contributed by atoms with Gasteiger partial charge in [0.2, 0.25) is 0 Å². The summed E-state index contributed by atoms with van der Waals surface area (Å²) in [4.78, 5) is 15.9. The third-order valence-corrected chi connectivity index (χ3v) is 2.71.